The van der Waals surface area contributed by atoms with E-state index in [0.29, 0.717) is 18.2 Å². The van der Waals surface area contributed by atoms with Crippen molar-refractivity contribution in [2.75, 3.05) is 19.0 Å². The van der Waals surface area contributed by atoms with E-state index in [4.69, 9.17) is 9.47 Å². The molecule has 3 nitrogen and oxygen atoms in total. The van der Waals surface area contributed by atoms with Crippen LogP contribution in [0.1, 0.15) is 11.1 Å². The zero-order chi connectivity index (χ0) is 26.3. The van der Waals surface area contributed by atoms with Crippen LogP contribution in [-0.2, 0) is 0 Å². The van der Waals surface area contributed by atoms with Gasteiger partial charge in [0, 0.05) is 0 Å². The average Bonchev–Trinajstić information content (AvgIpc) is 2.79. The summed E-state index contributed by atoms with van der Waals surface area (Å²) < 4.78 is 117. The first-order valence-corrected chi connectivity index (χ1v) is 10.4. The van der Waals surface area contributed by atoms with Crippen molar-refractivity contribution in [3.05, 3.63) is 81.6 Å². The van der Waals surface area contributed by atoms with Gasteiger partial charge in [0.15, 0.2) is 0 Å². The Balaban J connectivity index is 1.98. The number of para-hydroxylation sites is 1. The van der Waals surface area contributed by atoms with Gasteiger partial charge in [0.05, 0.1) is 0 Å². The molecule has 0 saturated heterocycles. The molecule has 0 spiro atoms. The van der Waals surface area contributed by atoms with Crippen molar-refractivity contribution in [2.45, 2.75) is 18.7 Å². The fraction of sp³-hybridized carbons (Fsp3) is 0.208. The SMILES string of the molecule is COc1ccccc1C1=c2cc(F)/c(=B\CC(F)(F)F)cc2Oc2cc(NCC(F)(F)F)c(F)cc21. The van der Waals surface area contributed by atoms with E-state index >= 15 is 0 Å². The molecule has 3 aromatic carbocycles. The van der Waals surface area contributed by atoms with Gasteiger partial charge in [-0.1, -0.05) is 0 Å². The number of methoxy groups -OCH3 is 1. The zero-order valence-electron chi connectivity index (χ0n) is 18.5. The van der Waals surface area contributed by atoms with Gasteiger partial charge in [-0.15, -0.1) is 0 Å². The Morgan fingerprint density at radius 2 is 1.58 bits per heavy atom. The second-order valence-corrected chi connectivity index (χ2v) is 7.87. The normalized spacial score (nSPS) is 13.5. The van der Waals surface area contributed by atoms with E-state index < -0.39 is 42.5 Å². The molecule has 4 rings (SSSR count). The molecule has 0 amide bonds. The van der Waals surface area contributed by atoms with Gasteiger partial charge < -0.3 is 0 Å². The molecule has 1 aliphatic heterocycles. The van der Waals surface area contributed by atoms with E-state index in [1.807, 2.05) is 5.32 Å². The average molecular weight is 513 g/mol. The first-order valence-electron chi connectivity index (χ1n) is 10.4. The molecule has 0 bridgehead atoms. The van der Waals surface area contributed by atoms with Crippen LogP contribution in [0.4, 0.5) is 40.8 Å². The van der Waals surface area contributed by atoms with Crippen molar-refractivity contribution in [1.82, 2.24) is 0 Å². The van der Waals surface area contributed by atoms with Crippen molar-refractivity contribution >= 4 is 18.2 Å². The van der Waals surface area contributed by atoms with Crippen LogP contribution in [0.25, 0.3) is 5.57 Å². The van der Waals surface area contributed by atoms with Crippen molar-refractivity contribution in [2.24, 2.45) is 0 Å². The maximum absolute atomic E-state index is 14.9. The molecule has 1 heterocycles. The topological polar surface area (TPSA) is 30.5 Å². The van der Waals surface area contributed by atoms with Crippen LogP contribution in [0.15, 0.2) is 48.5 Å². The van der Waals surface area contributed by atoms with Crippen LogP contribution in [0.2, 0.25) is 6.32 Å². The van der Waals surface area contributed by atoms with Crippen LogP contribution in [-0.4, -0.2) is 32.9 Å². The first-order chi connectivity index (χ1) is 16.9. The quantitative estimate of drug-likeness (QED) is 0.254. The molecule has 0 aliphatic carbocycles. The van der Waals surface area contributed by atoms with Crippen molar-refractivity contribution < 1.29 is 44.6 Å². The Hall–Kier alpha value is -3.57. The molecule has 12 heteroatoms. The zero-order valence-corrected chi connectivity index (χ0v) is 18.5. The third-order valence-electron chi connectivity index (χ3n) is 5.34. The third kappa shape index (κ3) is 5.47. The Kier molecular flexibility index (Phi) is 6.72. The molecule has 36 heavy (non-hydrogen) atoms. The minimum atomic E-state index is -4.62. The number of rotatable bonds is 5. The van der Waals surface area contributed by atoms with Gasteiger partial charge in [0.1, 0.15) is 0 Å². The molecule has 1 N–H and O–H groups in total. The molecule has 0 saturated carbocycles. The van der Waals surface area contributed by atoms with Crippen molar-refractivity contribution in [1.29, 1.82) is 0 Å². The summed E-state index contributed by atoms with van der Waals surface area (Å²) in [5.41, 5.74) is 0.201. The molecule has 0 unspecified atom stereocenters. The van der Waals surface area contributed by atoms with E-state index in [-0.39, 0.29) is 33.0 Å². The number of hydrogen-bond donors (Lipinski definition) is 1. The van der Waals surface area contributed by atoms with Crippen LogP contribution in [0, 0.1) is 16.7 Å². The predicted octanol–water partition coefficient (Wildman–Crippen LogP) is 6.24. The summed E-state index contributed by atoms with van der Waals surface area (Å²) >= 11 is 0. The number of halogens is 8. The Bertz CT molecular complexity index is 1430. The van der Waals surface area contributed by atoms with E-state index in [1.165, 1.54) is 7.11 Å². The Labute approximate surface area is 199 Å². The molecule has 0 fully saturated rings. The summed E-state index contributed by atoms with van der Waals surface area (Å²) in [4.78, 5) is 0. The Morgan fingerprint density at radius 1 is 0.861 bits per heavy atom. The molecule has 0 atom stereocenters. The standard InChI is InChI=1S/C24H16BF8NO2/c1-35-19-5-3-2-4-12(19)22-13-6-16(26)15(25-10-23(28,29)30)8-20(13)36-21-9-18(17(27)7-14(21)22)34-11-24(31,32)33/h2-9,34H,10-11H2,1H3. The van der Waals surface area contributed by atoms with E-state index in [9.17, 15) is 35.1 Å². The molecule has 1 aliphatic rings. The van der Waals surface area contributed by atoms with Gasteiger partial charge >= 0.3 is 199 Å². The molecular formula is C24H16BF8NO2. The summed E-state index contributed by atoms with van der Waals surface area (Å²) in [5, 5.41) is 1.67. The second-order valence-electron chi connectivity index (χ2n) is 7.87. The number of ether oxygens (including phenoxy) is 2. The van der Waals surface area contributed by atoms with Gasteiger partial charge in [-0.2, -0.15) is 0 Å². The van der Waals surface area contributed by atoms with Gasteiger partial charge in [-0.05, 0) is 0 Å². The van der Waals surface area contributed by atoms with Crippen molar-refractivity contribution in [3.8, 4) is 17.2 Å². The monoisotopic (exact) mass is 513 g/mol. The van der Waals surface area contributed by atoms with Gasteiger partial charge in [0.25, 0.3) is 0 Å². The Morgan fingerprint density at radius 3 is 2.25 bits per heavy atom. The minimum absolute atomic E-state index is 0.0633. The molecule has 3 aromatic rings. The fourth-order valence-electron chi connectivity index (χ4n) is 3.80. The van der Waals surface area contributed by atoms with Crippen molar-refractivity contribution in [3.63, 3.8) is 0 Å². The van der Waals surface area contributed by atoms with Crippen LogP contribution in [0.5, 0.6) is 17.2 Å². The number of alkyl halides is 6. The second kappa shape index (κ2) is 9.48. The van der Waals surface area contributed by atoms with E-state index in [2.05, 4.69) is 0 Å². The van der Waals surface area contributed by atoms with E-state index in [0.717, 1.165) is 24.3 Å². The summed E-state index contributed by atoms with van der Waals surface area (Å²) in [5.74, 6) is -1.82. The summed E-state index contributed by atoms with van der Waals surface area (Å²) in [6.07, 6.45) is -10.6. The number of anilines is 1. The summed E-state index contributed by atoms with van der Waals surface area (Å²) in [7, 11) is 1.38. The van der Waals surface area contributed by atoms with Crippen LogP contribution < -0.4 is 20.0 Å². The third-order valence-corrected chi connectivity index (χ3v) is 5.34. The van der Waals surface area contributed by atoms with Crippen LogP contribution in [0.3, 0.4) is 0 Å². The van der Waals surface area contributed by atoms with Gasteiger partial charge in [0.2, 0.25) is 0 Å². The number of benzene rings is 3. The molecule has 0 radical (unpaired) electrons. The summed E-state index contributed by atoms with van der Waals surface area (Å²) in [6, 6.07) is 10.5. The number of fused-ring (bicyclic) bond motifs is 2. The maximum atomic E-state index is 14.9. The number of hydrogen-bond acceptors (Lipinski definition) is 3. The molecular weight excluding hydrogens is 497 g/mol. The summed E-state index contributed by atoms with van der Waals surface area (Å²) in [6.45, 7) is -0.859. The van der Waals surface area contributed by atoms with Gasteiger partial charge in [-0.3, -0.25) is 0 Å². The predicted molar refractivity (Wildman–Crippen MR) is 117 cm³/mol. The fourth-order valence-corrected chi connectivity index (χ4v) is 3.80. The molecule has 188 valence electrons. The molecule has 0 aromatic heterocycles. The van der Waals surface area contributed by atoms with Crippen LogP contribution >= 0.6 is 0 Å². The number of nitrogens with one attached hydrogen (secondary N) is 1. The van der Waals surface area contributed by atoms with Gasteiger partial charge in [-0.25, -0.2) is 0 Å². The first kappa shape index (κ1) is 25.5. The van der Waals surface area contributed by atoms with E-state index in [1.54, 1.807) is 24.3 Å².